The molecule has 0 aromatic heterocycles. The Hall–Kier alpha value is -2.18. The van der Waals surface area contributed by atoms with E-state index in [2.05, 4.69) is 15.9 Å². The van der Waals surface area contributed by atoms with Crippen molar-refractivity contribution in [3.05, 3.63) is 71.8 Å². The molecule has 0 radical (unpaired) electrons. The summed E-state index contributed by atoms with van der Waals surface area (Å²) in [5.74, 6) is -3.58. The number of alkyl halides is 1. The highest BCUT2D eigenvalue weighted by Crippen LogP contribution is 2.44. The first-order valence-corrected chi connectivity index (χ1v) is 9.52. The minimum Gasteiger partial charge on any atom is -0.456 e. The molecule has 1 aliphatic heterocycles. The van der Waals surface area contributed by atoms with Crippen molar-refractivity contribution < 1.29 is 23.8 Å². The SMILES string of the molecule is CC(C)[C@@]1(C(=O)OCc2ccccc2)OC(=O)[C@@](Br)(Cc2ccccc2)O1. The van der Waals surface area contributed by atoms with Gasteiger partial charge in [-0.3, -0.25) is 0 Å². The number of cyclic esters (lactones) is 1. The van der Waals surface area contributed by atoms with Gasteiger partial charge < -0.3 is 14.2 Å². The molecule has 2 aromatic carbocycles. The molecule has 142 valence electrons. The summed E-state index contributed by atoms with van der Waals surface area (Å²) in [4.78, 5) is 25.4. The molecule has 2 aromatic rings. The minimum absolute atomic E-state index is 0.0724. The Bertz CT molecular complexity index is 808. The molecule has 1 fully saturated rings. The number of hydrogen-bond donors (Lipinski definition) is 0. The average molecular weight is 433 g/mol. The Morgan fingerprint density at radius 1 is 1.04 bits per heavy atom. The molecule has 0 aliphatic carbocycles. The molecular formula is C21H21BrO5. The van der Waals surface area contributed by atoms with Gasteiger partial charge in [-0.15, -0.1) is 0 Å². The summed E-state index contributed by atoms with van der Waals surface area (Å²) in [5, 5.41) is 0. The van der Waals surface area contributed by atoms with Crippen molar-refractivity contribution in [2.45, 2.75) is 37.2 Å². The lowest BCUT2D eigenvalue weighted by Gasteiger charge is -2.29. The fourth-order valence-corrected chi connectivity index (χ4v) is 3.51. The van der Waals surface area contributed by atoms with Crippen molar-refractivity contribution in [3.63, 3.8) is 0 Å². The third kappa shape index (κ3) is 4.06. The van der Waals surface area contributed by atoms with Gasteiger partial charge in [0.15, 0.2) is 0 Å². The smallest absolute Gasteiger partial charge is 0.380 e. The van der Waals surface area contributed by atoms with E-state index in [0.717, 1.165) is 11.1 Å². The summed E-state index contributed by atoms with van der Waals surface area (Å²) >= 11 is 3.35. The van der Waals surface area contributed by atoms with Gasteiger partial charge >= 0.3 is 17.7 Å². The van der Waals surface area contributed by atoms with E-state index in [0.29, 0.717) is 0 Å². The van der Waals surface area contributed by atoms with E-state index in [1.807, 2.05) is 60.7 Å². The van der Waals surface area contributed by atoms with Crippen LogP contribution in [0.5, 0.6) is 0 Å². The van der Waals surface area contributed by atoms with Crippen molar-refractivity contribution in [2.75, 3.05) is 0 Å². The summed E-state index contributed by atoms with van der Waals surface area (Å²) in [6, 6.07) is 18.7. The van der Waals surface area contributed by atoms with Crippen LogP contribution in [0.4, 0.5) is 0 Å². The Morgan fingerprint density at radius 2 is 1.59 bits per heavy atom. The van der Waals surface area contributed by atoms with Gasteiger partial charge in [-0.1, -0.05) is 74.5 Å². The van der Waals surface area contributed by atoms with Crippen LogP contribution in [0.15, 0.2) is 60.7 Å². The van der Waals surface area contributed by atoms with Crippen molar-refractivity contribution in [1.29, 1.82) is 0 Å². The normalized spacial score (nSPS) is 24.7. The Kier molecular flexibility index (Phi) is 5.67. The largest absolute Gasteiger partial charge is 0.456 e. The van der Waals surface area contributed by atoms with Gasteiger partial charge in [0.2, 0.25) is 4.51 Å². The molecule has 0 spiro atoms. The van der Waals surface area contributed by atoms with Gasteiger partial charge in [-0.2, -0.15) is 0 Å². The van der Waals surface area contributed by atoms with Gasteiger partial charge in [0.25, 0.3) is 0 Å². The lowest BCUT2D eigenvalue weighted by Crippen LogP contribution is -2.47. The summed E-state index contributed by atoms with van der Waals surface area (Å²) in [6.45, 7) is 3.57. The van der Waals surface area contributed by atoms with Crippen LogP contribution in [-0.2, 0) is 36.8 Å². The second kappa shape index (κ2) is 7.82. The number of benzene rings is 2. The number of ether oxygens (including phenoxy) is 3. The van der Waals surface area contributed by atoms with E-state index in [1.54, 1.807) is 13.8 Å². The van der Waals surface area contributed by atoms with E-state index in [9.17, 15) is 9.59 Å². The fraction of sp³-hybridized carbons (Fsp3) is 0.333. The van der Waals surface area contributed by atoms with Crippen LogP contribution < -0.4 is 0 Å². The molecule has 0 bridgehead atoms. The summed E-state index contributed by atoms with van der Waals surface area (Å²) in [5.41, 5.74) is 1.71. The van der Waals surface area contributed by atoms with Crippen LogP contribution in [0.2, 0.25) is 0 Å². The maximum atomic E-state index is 12.8. The number of carbonyl (C=O) groups excluding carboxylic acids is 2. The first kappa shape index (κ1) is 19.6. The Labute approximate surface area is 166 Å². The summed E-state index contributed by atoms with van der Waals surface area (Å²) in [7, 11) is 0. The molecule has 1 heterocycles. The number of hydrogen-bond acceptors (Lipinski definition) is 5. The van der Waals surface area contributed by atoms with Crippen molar-refractivity contribution in [1.82, 2.24) is 0 Å². The van der Waals surface area contributed by atoms with Gasteiger partial charge in [0.1, 0.15) is 6.61 Å². The molecule has 2 atom stereocenters. The van der Waals surface area contributed by atoms with E-state index >= 15 is 0 Å². The second-order valence-corrected chi connectivity index (χ2v) is 8.05. The monoisotopic (exact) mass is 432 g/mol. The quantitative estimate of drug-likeness (QED) is 0.509. The van der Waals surface area contributed by atoms with Crippen LogP contribution in [0.3, 0.4) is 0 Å². The molecule has 5 nitrogen and oxygen atoms in total. The number of esters is 2. The van der Waals surface area contributed by atoms with Gasteiger partial charge in [-0.25, -0.2) is 9.59 Å². The third-order valence-corrected chi connectivity index (χ3v) is 5.16. The molecule has 0 N–H and O–H groups in total. The number of carbonyl (C=O) groups is 2. The molecular weight excluding hydrogens is 412 g/mol. The van der Waals surface area contributed by atoms with Crippen LogP contribution in [0.25, 0.3) is 0 Å². The van der Waals surface area contributed by atoms with E-state index in [-0.39, 0.29) is 13.0 Å². The molecule has 6 heteroatoms. The fourth-order valence-electron chi connectivity index (χ4n) is 2.86. The molecule has 0 amide bonds. The van der Waals surface area contributed by atoms with Crippen molar-refractivity contribution in [3.8, 4) is 0 Å². The summed E-state index contributed by atoms with van der Waals surface area (Å²) in [6.07, 6.45) is 0.229. The van der Waals surface area contributed by atoms with Gasteiger partial charge in [0, 0.05) is 12.3 Å². The third-order valence-electron chi connectivity index (χ3n) is 4.39. The standard InChI is InChI=1S/C21H21BrO5/c1-15(2)21(19(24)25-14-17-11-7-4-8-12-17)26-18(23)20(22,27-21)13-16-9-5-3-6-10-16/h3-12,15H,13-14H2,1-2H3/t20-,21-/m1/s1. The zero-order valence-electron chi connectivity index (χ0n) is 15.2. The van der Waals surface area contributed by atoms with Gasteiger partial charge in [-0.05, 0) is 27.1 Å². The zero-order chi connectivity index (χ0) is 19.5. The number of halogens is 1. The van der Waals surface area contributed by atoms with Crippen LogP contribution in [0.1, 0.15) is 25.0 Å². The number of rotatable bonds is 6. The van der Waals surface area contributed by atoms with Crippen molar-refractivity contribution >= 4 is 27.9 Å². The maximum Gasteiger partial charge on any atom is 0.380 e. The van der Waals surface area contributed by atoms with Crippen LogP contribution in [-0.4, -0.2) is 22.2 Å². The van der Waals surface area contributed by atoms with Crippen molar-refractivity contribution in [2.24, 2.45) is 5.92 Å². The predicted octanol–water partition coefficient (Wildman–Crippen LogP) is 3.99. The maximum absolute atomic E-state index is 12.8. The first-order valence-electron chi connectivity index (χ1n) is 8.73. The summed E-state index contributed by atoms with van der Waals surface area (Å²) < 4.78 is 15.4. The van der Waals surface area contributed by atoms with Crippen LogP contribution >= 0.6 is 15.9 Å². The topological polar surface area (TPSA) is 61.8 Å². The van der Waals surface area contributed by atoms with Crippen LogP contribution in [0, 0.1) is 5.92 Å². The molecule has 3 rings (SSSR count). The van der Waals surface area contributed by atoms with E-state index < -0.39 is 28.2 Å². The molecule has 1 saturated heterocycles. The van der Waals surface area contributed by atoms with E-state index in [1.165, 1.54) is 0 Å². The second-order valence-electron chi connectivity index (χ2n) is 6.77. The highest BCUT2D eigenvalue weighted by atomic mass is 79.9. The Morgan fingerprint density at radius 3 is 2.15 bits per heavy atom. The highest BCUT2D eigenvalue weighted by molar-refractivity contribution is 9.10. The molecule has 0 unspecified atom stereocenters. The van der Waals surface area contributed by atoms with E-state index in [4.69, 9.17) is 14.2 Å². The lowest BCUT2D eigenvalue weighted by atomic mass is 10.0. The average Bonchev–Trinajstić information content (AvgIpc) is 2.93. The first-order chi connectivity index (χ1) is 12.9. The molecule has 1 aliphatic rings. The lowest BCUT2D eigenvalue weighted by molar-refractivity contribution is -0.228. The van der Waals surface area contributed by atoms with Gasteiger partial charge in [0.05, 0.1) is 0 Å². The highest BCUT2D eigenvalue weighted by Gasteiger charge is 2.63. The predicted molar refractivity (Wildman–Crippen MR) is 103 cm³/mol. The molecule has 27 heavy (non-hydrogen) atoms. The zero-order valence-corrected chi connectivity index (χ0v) is 16.8. The molecule has 0 saturated carbocycles. The minimum atomic E-state index is -1.79. The Balaban J connectivity index is 1.78.